The zero-order valence-corrected chi connectivity index (χ0v) is 16.9. The van der Waals surface area contributed by atoms with Gasteiger partial charge in [-0.25, -0.2) is 0 Å². The first-order valence-electron chi connectivity index (χ1n) is 8.55. The van der Waals surface area contributed by atoms with Crippen molar-refractivity contribution in [1.29, 1.82) is 0 Å². The van der Waals surface area contributed by atoms with Gasteiger partial charge in [0.15, 0.2) is 5.78 Å². The molecule has 2 amide bonds. The average Bonchev–Trinajstić information content (AvgIpc) is 2.91. The summed E-state index contributed by atoms with van der Waals surface area (Å²) >= 11 is 3.46. The second-order valence-electron chi connectivity index (χ2n) is 7.79. The molecular formula is C19H23BrN2O4. The van der Waals surface area contributed by atoms with Gasteiger partial charge in [-0.05, 0) is 42.5 Å². The van der Waals surface area contributed by atoms with Crippen molar-refractivity contribution in [3.05, 3.63) is 29.8 Å². The van der Waals surface area contributed by atoms with Crippen molar-refractivity contribution < 1.29 is 19.1 Å². The Morgan fingerprint density at radius 1 is 1.12 bits per heavy atom. The number of amides is 2. The summed E-state index contributed by atoms with van der Waals surface area (Å²) in [5.41, 5.74) is 3.47. The smallest absolute Gasteiger partial charge is 0.269 e. The van der Waals surface area contributed by atoms with Crippen molar-refractivity contribution in [1.82, 2.24) is 10.9 Å². The van der Waals surface area contributed by atoms with Crippen molar-refractivity contribution in [2.24, 2.45) is 16.2 Å². The van der Waals surface area contributed by atoms with Crippen molar-refractivity contribution in [3.63, 3.8) is 0 Å². The number of hydrazine groups is 1. The largest absolute Gasteiger partial charge is 0.497 e. The fourth-order valence-corrected chi connectivity index (χ4v) is 6.01. The van der Waals surface area contributed by atoms with Gasteiger partial charge in [-0.15, -0.1) is 0 Å². The molecule has 7 heteroatoms. The Hall–Kier alpha value is -1.89. The van der Waals surface area contributed by atoms with Crippen LogP contribution in [0.5, 0.6) is 5.75 Å². The maximum Gasteiger partial charge on any atom is 0.269 e. The number of carbonyl (C=O) groups excluding carboxylic acids is 3. The van der Waals surface area contributed by atoms with Gasteiger partial charge >= 0.3 is 0 Å². The number of ketones is 1. The van der Waals surface area contributed by atoms with E-state index < -0.39 is 27.0 Å². The SMILES string of the molecule is COc1ccc(C(=O)NNC(=O)C23CCC(C)(C(=O)C2Br)C3(C)C)cc1. The first kappa shape index (κ1) is 18.9. The number of fused-ring (bicyclic) bond motifs is 2. The maximum atomic E-state index is 13.0. The summed E-state index contributed by atoms with van der Waals surface area (Å²) in [6, 6.07) is 6.57. The second-order valence-corrected chi connectivity index (χ2v) is 8.71. The molecule has 2 bridgehead atoms. The van der Waals surface area contributed by atoms with Crippen LogP contribution < -0.4 is 15.6 Å². The number of nitrogens with one attached hydrogen (secondary N) is 2. The molecule has 0 heterocycles. The molecule has 2 saturated carbocycles. The van der Waals surface area contributed by atoms with E-state index in [1.807, 2.05) is 20.8 Å². The van der Waals surface area contributed by atoms with Gasteiger partial charge in [0.25, 0.3) is 5.91 Å². The lowest BCUT2D eigenvalue weighted by atomic mass is 9.64. The van der Waals surface area contributed by atoms with Gasteiger partial charge in [0.1, 0.15) is 5.75 Å². The van der Waals surface area contributed by atoms with Crippen molar-refractivity contribution >= 4 is 33.5 Å². The number of hydrogen-bond donors (Lipinski definition) is 2. The third-order valence-electron chi connectivity index (χ3n) is 6.77. The summed E-state index contributed by atoms with van der Waals surface area (Å²) in [6.07, 6.45) is 1.27. The number of alkyl halides is 1. The molecule has 0 spiro atoms. The van der Waals surface area contributed by atoms with Crippen LogP contribution in [-0.2, 0) is 9.59 Å². The molecule has 1 aromatic rings. The first-order valence-corrected chi connectivity index (χ1v) is 9.46. The highest BCUT2D eigenvalue weighted by Crippen LogP contribution is 2.72. The van der Waals surface area contributed by atoms with E-state index in [2.05, 4.69) is 26.8 Å². The lowest BCUT2D eigenvalue weighted by molar-refractivity contribution is -0.136. The van der Waals surface area contributed by atoms with Gasteiger partial charge in [-0.2, -0.15) is 0 Å². The zero-order chi connectivity index (χ0) is 19.3. The van der Waals surface area contributed by atoms with Gasteiger partial charge in [-0.3, -0.25) is 25.2 Å². The third-order valence-corrected chi connectivity index (χ3v) is 7.97. The highest BCUT2D eigenvalue weighted by atomic mass is 79.9. The Labute approximate surface area is 161 Å². The van der Waals surface area contributed by atoms with Gasteiger partial charge in [0, 0.05) is 11.0 Å². The number of rotatable bonds is 3. The maximum absolute atomic E-state index is 13.0. The Bertz CT molecular complexity index is 776. The summed E-state index contributed by atoms with van der Waals surface area (Å²) in [6.45, 7) is 5.86. The summed E-state index contributed by atoms with van der Waals surface area (Å²) < 4.78 is 5.06. The van der Waals surface area contributed by atoms with Crippen LogP contribution in [-0.4, -0.2) is 29.5 Å². The summed E-state index contributed by atoms with van der Waals surface area (Å²) in [5, 5.41) is 0. The molecule has 2 N–H and O–H groups in total. The molecule has 2 aliphatic rings. The van der Waals surface area contributed by atoms with Crippen LogP contribution in [0, 0.1) is 16.2 Å². The third kappa shape index (κ3) is 2.25. The number of halogens is 1. The molecule has 3 atom stereocenters. The summed E-state index contributed by atoms with van der Waals surface area (Å²) in [4.78, 5) is 37.5. The molecule has 2 fully saturated rings. The van der Waals surface area contributed by atoms with Gasteiger partial charge in [0.2, 0.25) is 5.91 Å². The molecular weight excluding hydrogens is 400 g/mol. The number of carbonyl (C=O) groups is 3. The Kier molecular flexibility index (Phi) is 4.42. The molecule has 0 radical (unpaired) electrons. The molecule has 0 saturated heterocycles. The number of methoxy groups -OCH3 is 1. The monoisotopic (exact) mass is 422 g/mol. The fraction of sp³-hybridized carbons (Fsp3) is 0.526. The normalized spacial score (nSPS) is 31.6. The van der Waals surface area contributed by atoms with Crippen LogP contribution in [0.1, 0.15) is 44.0 Å². The molecule has 0 aromatic heterocycles. The molecule has 3 rings (SSSR count). The van der Waals surface area contributed by atoms with E-state index in [1.54, 1.807) is 31.4 Å². The summed E-state index contributed by atoms with van der Waals surface area (Å²) in [7, 11) is 1.55. The molecule has 2 aliphatic carbocycles. The average molecular weight is 423 g/mol. The number of ether oxygens (including phenoxy) is 1. The lowest BCUT2D eigenvalue weighted by Crippen LogP contribution is -2.55. The van der Waals surface area contributed by atoms with Crippen molar-refractivity contribution in [2.45, 2.75) is 38.4 Å². The minimum atomic E-state index is -0.883. The second kappa shape index (κ2) is 6.08. The predicted molar refractivity (Wildman–Crippen MR) is 99.9 cm³/mol. The number of benzene rings is 1. The van der Waals surface area contributed by atoms with Crippen molar-refractivity contribution in [2.75, 3.05) is 7.11 Å². The standard InChI is InChI=1S/C19H23BrN2O4/c1-17(2)18(3)9-10-19(17,13(20)14(18)23)16(25)22-21-15(24)11-5-7-12(26-4)8-6-11/h5-8,13H,9-10H2,1-4H3,(H,21,24)(H,22,25). The molecule has 1 aromatic carbocycles. The van der Waals surface area contributed by atoms with E-state index in [0.29, 0.717) is 24.2 Å². The van der Waals surface area contributed by atoms with Crippen LogP contribution in [0.4, 0.5) is 0 Å². The molecule has 0 aliphatic heterocycles. The van der Waals surface area contributed by atoms with Crippen molar-refractivity contribution in [3.8, 4) is 5.75 Å². The highest BCUT2D eigenvalue weighted by Gasteiger charge is 2.76. The highest BCUT2D eigenvalue weighted by molar-refractivity contribution is 9.10. The number of hydrogen-bond acceptors (Lipinski definition) is 4. The number of Topliss-reactive ketones (excluding diaryl/α,β-unsaturated/α-hetero) is 1. The van der Waals surface area contributed by atoms with Gasteiger partial charge < -0.3 is 4.74 Å². The zero-order valence-electron chi connectivity index (χ0n) is 15.3. The first-order chi connectivity index (χ1) is 12.1. The minimum Gasteiger partial charge on any atom is -0.497 e. The van der Waals surface area contributed by atoms with Crippen LogP contribution in [0.2, 0.25) is 0 Å². The predicted octanol–water partition coefficient (Wildman–Crippen LogP) is 2.62. The Morgan fingerprint density at radius 3 is 2.23 bits per heavy atom. The van der Waals surface area contributed by atoms with Crippen LogP contribution in [0.25, 0.3) is 0 Å². The van der Waals surface area contributed by atoms with E-state index >= 15 is 0 Å². The van der Waals surface area contributed by atoms with E-state index in [-0.39, 0.29) is 11.7 Å². The van der Waals surface area contributed by atoms with E-state index in [4.69, 9.17) is 4.74 Å². The molecule has 26 heavy (non-hydrogen) atoms. The van der Waals surface area contributed by atoms with Gasteiger partial charge in [-0.1, -0.05) is 36.7 Å². The molecule has 3 unspecified atom stereocenters. The van der Waals surface area contributed by atoms with E-state index in [1.165, 1.54) is 0 Å². The lowest BCUT2D eigenvalue weighted by Gasteiger charge is -2.39. The van der Waals surface area contributed by atoms with Crippen LogP contribution >= 0.6 is 15.9 Å². The van der Waals surface area contributed by atoms with E-state index in [9.17, 15) is 14.4 Å². The topological polar surface area (TPSA) is 84.5 Å². The Balaban J connectivity index is 1.75. The Morgan fingerprint density at radius 2 is 1.73 bits per heavy atom. The molecule has 6 nitrogen and oxygen atoms in total. The summed E-state index contributed by atoms with van der Waals surface area (Å²) in [5.74, 6) is -0.0549. The van der Waals surface area contributed by atoms with Crippen LogP contribution in [0.15, 0.2) is 24.3 Å². The van der Waals surface area contributed by atoms with Gasteiger partial charge in [0.05, 0.1) is 17.4 Å². The fourth-order valence-electron chi connectivity index (χ4n) is 4.49. The quantitative estimate of drug-likeness (QED) is 0.578. The van der Waals surface area contributed by atoms with E-state index in [0.717, 1.165) is 0 Å². The molecule has 140 valence electrons. The van der Waals surface area contributed by atoms with Crippen LogP contribution in [0.3, 0.4) is 0 Å². The minimum absolute atomic E-state index is 0.0605.